The molecule has 8 nitrogen and oxygen atoms in total. The van der Waals surface area contributed by atoms with Crippen molar-refractivity contribution >= 4 is 27.5 Å². The summed E-state index contributed by atoms with van der Waals surface area (Å²) in [5, 5.41) is 2.64. The number of methoxy groups -OCH3 is 1. The van der Waals surface area contributed by atoms with Crippen molar-refractivity contribution in [3.8, 4) is 5.75 Å². The number of sulfonamides is 1. The van der Waals surface area contributed by atoms with E-state index in [4.69, 9.17) is 4.74 Å². The van der Waals surface area contributed by atoms with Gasteiger partial charge in [-0.2, -0.15) is 0 Å². The van der Waals surface area contributed by atoms with Crippen molar-refractivity contribution < 1.29 is 22.7 Å². The van der Waals surface area contributed by atoms with E-state index in [-0.39, 0.29) is 31.3 Å². The van der Waals surface area contributed by atoms with Gasteiger partial charge < -0.3 is 15.0 Å². The Bertz CT molecular complexity index is 1090. The van der Waals surface area contributed by atoms with Gasteiger partial charge in [0, 0.05) is 26.6 Å². The van der Waals surface area contributed by atoms with Crippen molar-refractivity contribution in [1.82, 2.24) is 10.2 Å². The minimum Gasteiger partial charge on any atom is -0.497 e. The molecule has 0 bridgehead atoms. The largest absolute Gasteiger partial charge is 0.497 e. The van der Waals surface area contributed by atoms with Crippen LogP contribution in [0.2, 0.25) is 0 Å². The van der Waals surface area contributed by atoms with Gasteiger partial charge in [-0.15, -0.1) is 0 Å². The molecule has 2 aromatic carbocycles. The maximum absolute atomic E-state index is 13.3. The van der Waals surface area contributed by atoms with Gasteiger partial charge in [0.05, 0.1) is 19.1 Å². The van der Waals surface area contributed by atoms with Crippen LogP contribution < -0.4 is 14.4 Å². The summed E-state index contributed by atoms with van der Waals surface area (Å²) < 4.78 is 31.4. The van der Waals surface area contributed by atoms with Crippen LogP contribution in [0.3, 0.4) is 0 Å². The van der Waals surface area contributed by atoms with Crippen LogP contribution in [-0.4, -0.2) is 58.1 Å². The van der Waals surface area contributed by atoms with Crippen molar-refractivity contribution in [2.75, 3.05) is 31.3 Å². The molecular weight excluding hydrogens is 454 g/mol. The first kappa shape index (κ1) is 27.2. The van der Waals surface area contributed by atoms with Gasteiger partial charge in [-0.1, -0.05) is 31.2 Å². The lowest BCUT2D eigenvalue weighted by molar-refractivity contribution is -0.141. The lowest BCUT2D eigenvalue weighted by atomic mass is 10.1. The molecular formula is C25H35N3O5S. The monoisotopic (exact) mass is 489 g/mol. The number of ether oxygens (including phenoxy) is 1. The number of hydrogen-bond donors (Lipinski definition) is 1. The van der Waals surface area contributed by atoms with Gasteiger partial charge in [0.1, 0.15) is 11.8 Å². The van der Waals surface area contributed by atoms with Gasteiger partial charge in [-0.3, -0.25) is 13.9 Å². The van der Waals surface area contributed by atoms with Crippen LogP contribution in [0.5, 0.6) is 5.75 Å². The number of carbonyl (C=O) groups is 2. The zero-order chi connectivity index (χ0) is 25.3. The predicted octanol–water partition coefficient (Wildman–Crippen LogP) is 3.10. The number of amides is 2. The normalized spacial score (nSPS) is 12.0. The topological polar surface area (TPSA) is 96.0 Å². The number of nitrogens with zero attached hydrogens (tertiary/aromatic N) is 2. The quantitative estimate of drug-likeness (QED) is 0.494. The Morgan fingerprint density at radius 2 is 1.82 bits per heavy atom. The Morgan fingerprint density at radius 1 is 1.12 bits per heavy atom. The molecule has 1 unspecified atom stereocenters. The van der Waals surface area contributed by atoms with Crippen LogP contribution in [0.15, 0.2) is 48.5 Å². The minimum atomic E-state index is -3.52. The minimum absolute atomic E-state index is 0.106. The number of benzene rings is 2. The third-order valence-corrected chi connectivity index (χ3v) is 6.76. The summed E-state index contributed by atoms with van der Waals surface area (Å²) in [6.45, 7) is 4.16. The summed E-state index contributed by atoms with van der Waals surface area (Å²) >= 11 is 0. The molecule has 0 saturated carbocycles. The van der Waals surface area contributed by atoms with Crippen molar-refractivity contribution in [2.24, 2.45) is 0 Å². The lowest BCUT2D eigenvalue weighted by Crippen LogP contribution is -2.48. The third kappa shape index (κ3) is 7.48. The zero-order valence-corrected chi connectivity index (χ0v) is 21.4. The van der Waals surface area contributed by atoms with E-state index in [1.807, 2.05) is 44.2 Å². The summed E-state index contributed by atoms with van der Waals surface area (Å²) in [4.78, 5) is 27.4. The highest BCUT2D eigenvalue weighted by Gasteiger charge is 2.28. The van der Waals surface area contributed by atoms with Crippen molar-refractivity contribution in [1.29, 1.82) is 0 Å². The first-order valence-electron chi connectivity index (χ1n) is 11.3. The number of rotatable bonds is 12. The maximum Gasteiger partial charge on any atom is 0.242 e. The van der Waals surface area contributed by atoms with E-state index in [1.165, 1.54) is 4.31 Å². The molecule has 0 saturated heterocycles. The first-order valence-corrected chi connectivity index (χ1v) is 13.1. The van der Waals surface area contributed by atoms with E-state index in [0.717, 1.165) is 17.4 Å². The molecule has 1 atom stereocenters. The maximum atomic E-state index is 13.3. The van der Waals surface area contributed by atoms with Gasteiger partial charge in [0.15, 0.2) is 0 Å². The second kappa shape index (κ2) is 12.4. The smallest absolute Gasteiger partial charge is 0.242 e. The molecule has 0 spiro atoms. The van der Waals surface area contributed by atoms with Crippen molar-refractivity contribution in [2.45, 2.75) is 45.7 Å². The second-order valence-corrected chi connectivity index (χ2v) is 10.1. The van der Waals surface area contributed by atoms with Crippen LogP contribution in [0.1, 0.15) is 37.3 Å². The Morgan fingerprint density at radius 3 is 2.41 bits per heavy atom. The van der Waals surface area contributed by atoms with Gasteiger partial charge in [0.2, 0.25) is 21.8 Å². The molecule has 0 heterocycles. The van der Waals surface area contributed by atoms with Crippen LogP contribution >= 0.6 is 0 Å². The fraction of sp³-hybridized carbons (Fsp3) is 0.440. The molecule has 0 radical (unpaired) electrons. The first-order chi connectivity index (χ1) is 16.1. The fourth-order valence-corrected chi connectivity index (χ4v) is 4.80. The number of likely N-dealkylation sites (N-methyl/N-ethyl adjacent to an activating group) is 1. The Labute approximate surface area is 202 Å². The number of hydrogen-bond acceptors (Lipinski definition) is 5. The Balaban J connectivity index is 2.20. The molecule has 2 rings (SSSR count). The fourth-order valence-electron chi connectivity index (χ4n) is 3.84. The van der Waals surface area contributed by atoms with Crippen LogP contribution in [0.25, 0.3) is 0 Å². The summed E-state index contributed by atoms with van der Waals surface area (Å²) in [7, 11) is -0.398. The molecule has 186 valence electrons. The second-order valence-electron chi connectivity index (χ2n) is 8.19. The lowest BCUT2D eigenvalue weighted by Gasteiger charge is -2.31. The van der Waals surface area contributed by atoms with Crippen molar-refractivity contribution in [3.05, 3.63) is 59.7 Å². The van der Waals surface area contributed by atoms with E-state index in [1.54, 1.807) is 37.3 Å². The summed E-state index contributed by atoms with van der Waals surface area (Å²) in [6, 6.07) is 14.0. The molecule has 0 aliphatic heterocycles. The van der Waals surface area contributed by atoms with E-state index >= 15 is 0 Å². The van der Waals surface area contributed by atoms with E-state index in [9.17, 15) is 18.0 Å². The predicted molar refractivity (Wildman–Crippen MR) is 134 cm³/mol. The highest BCUT2D eigenvalue weighted by Crippen LogP contribution is 2.21. The van der Waals surface area contributed by atoms with Crippen LogP contribution in [0.4, 0.5) is 5.69 Å². The molecule has 0 aliphatic carbocycles. The molecule has 0 aliphatic rings. The zero-order valence-electron chi connectivity index (χ0n) is 20.6. The van der Waals surface area contributed by atoms with Crippen molar-refractivity contribution in [3.63, 3.8) is 0 Å². The van der Waals surface area contributed by atoms with Crippen LogP contribution in [-0.2, 0) is 26.2 Å². The Hall–Kier alpha value is -3.07. The number of anilines is 1. The Kier molecular flexibility index (Phi) is 9.92. The molecule has 34 heavy (non-hydrogen) atoms. The van der Waals surface area contributed by atoms with E-state index < -0.39 is 16.1 Å². The van der Waals surface area contributed by atoms with Gasteiger partial charge in [0.25, 0.3) is 0 Å². The van der Waals surface area contributed by atoms with Crippen LogP contribution in [0, 0.1) is 6.92 Å². The SMILES string of the molecule is CCC(C(=O)NC)N(Cc1cccc(OC)c1)C(=O)CCCN(c1cccc(C)c1)S(C)(=O)=O. The summed E-state index contributed by atoms with van der Waals surface area (Å²) in [5.41, 5.74) is 2.36. The standard InChI is InChI=1S/C25H35N3O5S/c1-6-23(25(30)26-3)27(18-20-11-8-13-22(17-20)33-4)24(29)14-9-15-28(34(5,31)32)21-12-7-10-19(2)16-21/h7-8,10-13,16-17,23H,6,9,14-15,18H2,1-5H3,(H,26,30). The molecule has 2 aromatic rings. The molecule has 0 fully saturated rings. The molecule has 0 aromatic heterocycles. The van der Waals surface area contributed by atoms with Gasteiger partial charge in [-0.25, -0.2) is 8.42 Å². The van der Waals surface area contributed by atoms with E-state index in [0.29, 0.717) is 24.3 Å². The molecule has 9 heteroatoms. The molecule has 2 amide bonds. The van der Waals surface area contributed by atoms with E-state index in [2.05, 4.69) is 5.32 Å². The van der Waals surface area contributed by atoms with Gasteiger partial charge >= 0.3 is 0 Å². The number of nitrogens with one attached hydrogen (secondary N) is 1. The average Bonchev–Trinajstić information content (AvgIpc) is 2.80. The highest BCUT2D eigenvalue weighted by atomic mass is 32.2. The number of carbonyl (C=O) groups excluding carboxylic acids is 2. The number of aryl methyl sites for hydroxylation is 1. The highest BCUT2D eigenvalue weighted by molar-refractivity contribution is 7.92. The average molecular weight is 490 g/mol. The summed E-state index contributed by atoms with van der Waals surface area (Å²) in [5.74, 6) is 0.215. The van der Waals surface area contributed by atoms with Gasteiger partial charge in [-0.05, 0) is 55.2 Å². The third-order valence-electron chi connectivity index (χ3n) is 5.56. The summed E-state index contributed by atoms with van der Waals surface area (Å²) in [6.07, 6.45) is 2.03. The molecule has 1 N–H and O–H groups in total.